The number of halogens is 6. The largest absolute Gasteiger partial charge is 0.496 e. The summed E-state index contributed by atoms with van der Waals surface area (Å²) in [6, 6.07) is 92.7. The van der Waals surface area contributed by atoms with Crippen molar-refractivity contribution in [2.75, 3.05) is 7.11 Å². The Morgan fingerprint density at radius 1 is 0.204 bits per heavy atom. The summed E-state index contributed by atoms with van der Waals surface area (Å²) in [5.41, 5.74) is 28.2. The van der Waals surface area contributed by atoms with Crippen LogP contribution in [0.3, 0.4) is 0 Å². The number of aliphatic hydroxyl groups excluding tert-OH is 1. The summed E-state index contributed by atoms with van der Waals surface area (Å²) in [6.07, 6.45) is 0. The fraction of sp³-hybridized carbons (Fsp3) is 0.160. The van der Waals surface area contributed by atoms with E-state index in [-0.39, 0.29) is 41.5 Å². The molecule has 0 aliphatic carbocycles. The van der Waals surface area contributed by atoms with E-state index < -0.39 is 0 Å². The molecule has 2 nitrogen and oxygen atoms in total. The van der Waals surface area contributed by atoms with Crippen LogP contribution in [0.25, 0.3) is 77.9 Å². The van der Waals surface area contributed by atoms with Gasteiger partial charge in [0.1, 0.15) is 40.7 Å². The van der Waals surface area contributed by atoms with Gasteiger partial charge in [0, 0.05) is 16.7 Å². The summed E-state index contributed by atoms with van der Waals surface area (Å²) in [5, 5.41) is 9.36. The Hall–Kier alpha value is -11.6. The monoisotopic (exact) mass is 1440 g/mol. The highest BCUT2D eigenvalue weighted by Gasteiger charge is 2.12. The Balaban J connectivity index is 0.000000159. The molecule has 0 aromatic heterocycles. The molecule has 1 N–H and O–H groups in total. The van der Waals surface area contributed by atoms with Crippen molar-refractivity contribution in [2.45, 2.75) is 104 Å². The molecule has 14 aromatic carbocycles. The van der Waals surface area contributed by atoms with Crippen LogP contribution in [0.1, 0.15) is 83.5 Å². The fourth-order valence-corrected chi connectivity index (χ4v) is 11.4. The molecular weight excluding hydrogens is 1350 g/mol. The Labute approximate surface area is 636 Å². The van der Waals surface area contributed by atoms with Gasteiger partial charge in [0.05, 0.1) is 13.7 Å². The molecule has 0 aliphatic rings. The summed E-state index contributed by atoms with van der Waals surface area (Å²) in [4.78, 5) is 0. The molecular formula is C100H96F6O2. The van der Waals surface area contributed by atoms with Gasteiger partial charge in [-0.15, -0.1) is 0 Å². The minimum absolute atomic E-state index is 0.0882. The molecule has 0 spiro atoms. The first kappa shape index (κ1) is 82.1. The number of hydrogen-bond acceptors (Lipinski definition) is 2. The number of ether oxygens (including phenoxy) is 1. The lowest BCUT2D eigenvalue weighted by Gasteiger charge is -2.09. The minimum Gasteiger partial charge on any atom is -0.496 e. The van der Waals surface area contributed by atoms with E-state index in [2.05, 4.69) is 162 Å². The Morgan fingerprint density at radius 3 is 0.713 bits per heavy atom. The lowest BCUT2D eigenvalue weighted by atomic mass is 9.97. The van der Waals surface area contributed by atoms with Gasteiger partial charge in [-0.05, 0) is 245 Å². The summed E-state index contributed by atoms with van der Waals surface area (Å²) < 4.78 is 86.3. The van der Waals surface area contributed by atoms with Gasteiger partial charge in [-0.2, -0.15) is 0 Å². The summed E-state index contributed by atoms with van der Waals surface area (Å²) in [7, 11) is 1.71. The maximum Gasteiger partial charge on any atom is 0.131 e. The molecule has 0 saturated carbocycles. The van der Waals surface area contributed by atoms with Crippen molar-refractivity contribution in [3.8, 4) is 83.6 Å². The van der Waals surface area contributed by atoms with Crippen LogP contribution in [0, 0.1) is 132 Å². The highest BCUT2D eigenvalue weighted by Crippen LogP contribution is 2.32. The zero-order valence-corrected chi connectivity index (χ0v) is 64.5. The van der Waals surface area contributed by atoms with E-state index in [1.54, 1.807) is 102 Å². The fourth-order valence-electron chi connectivity index (χ4n) is 11.4. The molecule has 14 rings (SSSR count). The average molecular weight is 1440 g/mol. The van der Waals surface area contributed by atoms with E-state index in [9.17, 15) is 31.4 Å². The van der Waals surface area contributed by atoms with Gasteiger partial charge >= 0.3 is 0 Å². The quantitative estimate of drug-likeness (QED) is 0.146. The molecule has 0 heterocycles. The van der Waals surface area contributed by atoms with Crippen molar-refractivity contribution in [1.82, 2.24) is 0 Å². The van der Waals surface area contributed by atoms with Crippen LogP contribution in [0.2, 0.25) is 0 Å². The second kappa shape index (κ2) is 39.7. The number of aryl methyl sites for hydroxylation is 14. The smallest absolute Gasteiger partial charge is 0.131 e. The predicted molar refractivity (Wildman–Crippen MR) is 442 cm³/mol. The van der Waals surface area contributed by atoms with Crippen LogP contribution in [0.5, 0.6) is 5.75 Å². The molecule has 0 amide bonds. The molecule has 0 bridgehead atoms. The van der Waals surface area contributed by atoms with Crippen LogP contribution in [-0.2, 0) is 6.61 Å². The van der Waals surface area contributed by atoms with Gasteiger partial charge in [0.25, 0.3) is 0 Å². The second-order valence-electron chi connectivity index (χ2n) is 27.5. The van der Waals surface area contributed by atoms with Gasteiger partial charge in [0.15, 0.2) is 0 Å². The third-order valence-corrected chi connectivity index (χ3v) is 18.3. The Bertz CT molecular complexity index is 5080. The summed E-state index contributed by atoms with van der Waals surface area (Å²) >= 11 is 0. The highest BCUT2D eigenvalue weighted by atomic mass is 19.1. The third kappa shape index (κ3) is 24.2. The lowest BCUT2D eigenvalue weighted by Crippen LogP contribution is -1.90. The van der Waals surface area contributed by atoms with Crippen LogP contribution in [0.15, 0.2) is 291 Å². The number of methoxy groups -OCH3 is 1. The van der Waals surface area contributed by atoms with Crippen molar-refractivity contribution < 1.29 is 36.2 Å². The van der Waals surface area contributed by atoms with E-state index in [0.29, 0.717) is 44.5 Å². The molecule has 14 aromatic rings. The Kier molecular flexibility index (Phi) is 30.2. The third-order valence-electron chi connectivity index (χ3n) is 18.3. The maximum atomic E-state index is 13.7. The first-order chi connectivity index (χ1) is 51.6. The van der Waals surface area contributed by atoms with Crippen LogP contribution < -0.4 is 4.74 Å². The zero-order chi connectivity index (χ0) is 78.1. The zero-order valence-electron chi connectivity index (χ0n) is 64.5. The maximum absolute atomic E-state index is 13.7. The summed E-state index contributed by atoms with van der Waals surface area (Å²) in [6.45, 7) is 27.3. The molecule has 0 radical (unpaired) electrons. The molecule has 0 fully saturated rings. The Morgan fingerprint density at radius 2 is 0.426 bits per heavy atom. The van der Waals surface area contributed by atoms with E-state index in [0.717, 1.165) is 55.8 Å². The van der Waals surface area contributed by atoms with Crippen LogP contribution in [-0.4, -0.2) is 12.2 Å². The molecule has 0 saturated heterocycles. The normalized spacial score (nSPS) is 10.4. The van der Waals surface area contributed by atoms with Crippen molar-refractivity contribution >= 4 is 0 Å². The summed E-state index contributed by atoms with van der Waals surface area (Å²) in [5.74, 6) is -0.660. The van der Waals surface area contributed by atoms with Gasteiger partial charge in [0.2, 0.25) is 0 Å². The standard InChI is InChI=1S/2C15H16O.2C14H12F2.2C14H13F.C14H14/c1-11-4-7-13(8-5-11)14-9-6-12(2)15(10-14)16-3;1-11-3-6-13(7-4-11)15-8-5-12(2)9-14(15)10-16;1-9-3-5-11(7-13(9)15)12-6-4-10(2)14(16)8-12;1-9-3-5-11(13(15)7-9)12-6-4-10(2)8-14(12)16;1-10-3-6-12(7-4-10)13-8-5-11(2)14(15)9-13;1-10-3-6-12(7-4-10)13-8-5-11(2)9-14(13)15;1-11-3-7-13(8-4-11)14-9-5-12(2)6-10-14/h4-10H,1-3H3;3-9,16H,10H2,1-2H3;2*3-8H,1-2H3;2*3-9H,1-2H3;3-10H,1-2H3. The highest BCUT2D eigenvalue weighted by molar-refractivity contribution is 5.71. The second-order valence-corrected chi connectivity index (χ2v) is 27.5. The number of rotatable bonds is 9. The average Bonchev–Trinajstić information content (AvgIpc) is 0.817. The van der Waals surface area contributed by atoms with E-state index in [1.165, 1.54) is 91.0 Å². The van der Waals surface area contributed by atoms with E-state index in [4.69, 9.17) is 4.74 Å². The van der Waals surface area contributed by atoms with Crippen molar-refractivity contribution in [3.05, 3.63) is 410 Å². The van der Waals surface area contributed by atoms with Crippen LogP contribution >= 0.6 is 0 Å². The van der Waals surface area contributed by atoms with Gasteiger partial charge in [-0.25, -0.2) is 26.3 Å². The number of aliphatic hydroxyl groups is 1. The molecule has 0 atom stereocenters. The molecule has 8 heteroatoms. The van der Waals surface area contributed by atoms with Crippen molar-refractivity contribution in [3.63, 3.8) is 0 Å². The topological polar surface area (TPSA) is 29.5 Å². The number of benzene rings is 14. The van der Waals surface area contributed by atoms with Gasteiger partial charge in [-0.3, -0.25) is 0 Å². The molecule has 108 heavy (non-hydrogen) atoms. The molecule has 550 valence electrons. The molecule has 0 aliphatic heterocycles. The van der Waals surface area contributed by atoms with Crippen molar-refractivity contribution in [2.24, 2.45) is 0 Å². The van der Waals surface area contributed by atoms with Crippen molar-refractivity contribution in [1.29, 1.82) is 0 Å². The first-order valence-electron chi connectivity index (χ1n) is 36.0. The SMILES string of the molecule is COc1cc(-c2ccc(C)cc2)ccc1C.Cc1ccc(-c2ccc(C)c(F)c2)cc1.Cc1ccc(-c2ccc(C)c(F)c2)cc1F.Cc1ccc(-c2ccc(C)cc2)cc1.Cc1ccc(-c2ccc(C)cc2CO)cc1.Cc1ccc(-c2ccc(C)cc2F)c(F)c1.Cc1ccc(-c2ccc(C)cc2F)cc1. The molecule has 0 unspecified atom stereocenters. The van der Waals surface area contributed by atoms with E-state index >= 15 is 0 Å². The van der Waals surface area contributed by atoms with Gasteiger partial charge in [-0.1, -0.05) is 288 Å². The first-order valence-corrected chi connectivity index (χ1v) is 36.0. The van der Waals surface area contributed by atoms with E-state index in [1.807, 2.05) is 107 Å². The lowest BCUT2D eigenvalue weighted by molar-refractivity contribution is 0.282. The number of hydrogen-bond donors (Lipinski definition) is 1. The van der Waals surface area contributed by atoms with Crippen LogP contribution in [0.4, 0.5) is 26.3 Å². The van der Waals surface area contributed by atoms with Gasteiger partial charge < -0.3 is 9.84 Å². The minimum atomic E-state index is -0.386. The predicted octanol–water partition coefficient (Wildman–Crippen LogP) is 28.1.